The molecule has 8 heteroatoms. The first-order valence-corrected chi connectivity index (χ1v) is 6.14. The molecule has 0 amide bonds. The summed E-state index contributed by atoms with van der Waals surface area (Å²) in [4.78, 5) is 17.8. The van der Waals surface area contributed by atoms with Gasteiger partial charge in [0, 0.05) is 5.69 Å². The third-order valence-electron chi connectivity index (χ3n) is 2.39. The quantitative estimate of drug-likeness (QED) is 0.517. The lowest BCUT2D eigenvalue weighted by Crippen LogP contribution is -2.01. The summed E-state index contributed by atoms with van der Waals surface area (Å²) < 4.78 is 5.31. The summed E-state index contributed by atoms with van der Waals surface area (Å²) in [7, 11) is 0. The lowest BCUT2D eigenvalue weighted by Gasteiger charge is -2.07. The van der Waals surface area contributed by atoms with E-state index in [0.29, 0.717) is 18.0 Å². The Bertz CT molecular complexity index is 619. The van der Waals surface area contributed by atoms with Crippen LogP contribution in [0.25, 0.3) is 0 Å². The Morgan fingerprint density at radius 2 is 2.05 bits per heavy atom. The summed E-state index contributed by atoms with van der Waals surface area (Å²) >= 11 is 5.70. The molecule has 1 aromatic heterocycles. The second-order valence-electron chi connectivity index (χ2n) is 3.70. The van der Waals surface area contributed by atoms with Gasteiger partial charge < -0.3 is 10.1 Å². The van der Waals surface area contributed by atoms with Gasteiger partial charge in [0.1, 0.15) is 12.1 Å². The van der Waals surface area contributed by atoms with Crippen LogP contribution in [0.15, 0.2) is 30.6 Å². The summed E-state index contributed by atoms with van der Waals surface area (Å²) in [5.41, 5.74) is 0.273. The summed E-state index contributed by atoms with van der Waals surface area (Å²) in [6.07, 6.45) is 1.16. The van der Waals surface area contributed by atoms with Crippen molar-refractivity contribution < 1.29 is 9.66 Å². The lowest BCUT2D eigenvalue weighted by atomic mass is 10.3. The normalized spacial score (nSPS) is 10.1. The largest absolute Gasteiger partial charge is 0.494 e. The topological polar surface area (TPSA) is 90.2 Å². The van der Waals surface area contributed by atoms with E-state index in [4.69, 9.17) is 16.3 Å². The molecule has 0 radical (unpaired) electrons. The maximum absolute atomic E-state index is 11.0. The molecule has 0 saturated heterocycles. The van der Waals surface area contributed by atoms with Crippen LogP contribution >= 0.6 is 11.6 Å². The van der Waals surface area contributed by atoms with Crippen LogP contribution in [0.1, 0.15) is 6.92 Å². The van der Waals surface area contributed by atoms with Crippen molar-refractivity contribution in [3.05, 3.63) is 45.9 Å². The zero-order valence-corrected chi connectivity index (χ0v) is 11.3. The van der Waals surface area contributed by atoms with Crippen molar-refractivity contribution in [1.82, 2.24) is 9.97 Å². The van der Waals surface area contributed by atoms with Gasteiger partial charge in [0.2, 0.25) is 11.0 Å². The molecule has 1 N–H and O–H groups in total. The van der Waals surface area contributed by atoms with E-state index in [-0.39, 0.29) is 16.7 Å². The van der Waals surface area contributed by atoms with Crippen LogP contribution in [0, 0.1) is 10.1 Å². The lowest BCUT2D eigenvalue weighted by molar-refractivity contribution is -0.384. The highest BCUT2D eigenvalue weighted by molar-refractivity contribution is 6.31. The summed E-state index contributed by atoms with van der Waals surface area (Å²) in [6.45, 7) is 2.46. The average molecular weight is 295 g/mol. The van der Waals surface area contributed by atoms with Crippen LogP contribution in [0.2, 0.25) is 5.15 Å². The zero-order chi connectivity index (χ0) is 14.5. The maximum Gasteiger partial charge on any atom is 0.348 e. The van der Waals surface area contributed by atoms with Crippen LogP contribution in [0.4, 0.5) is 17.2 Å². The molecule has 7 nitrogen and oxygen atoms in total. The SMILES string of the molecule is CCOc1ccc(Nc2ncnc(Cl)c2[N+](=O)[O-])cc1. The minimum atomic E-state index is -0.626. The van der Waals surface area contributed by atoms with Gasteiger partial charge in [-0.15, -0.1) is 0 Å². The highest BCUT2D eigenvalue weighted by Crippen LogP contribution is 2.30. The van der Waals surface area contributed by atoms with Crippen molar-refractivity contribution in [2.75, 3.05) is 11.9 Å². The van der Waals surface area contributed by atoms with E-state index in [1.165, 1.54) is 0 Å². The number of anilines is 2. The van der Waals surface area contributed by atoms with Gasteiger partial charge in [-0.3, -0.25) is 10.1 Å². The van der Waals surface area contributed by atoms with Gasteiger partial charge >= 0.3 is 5.69 Å². The molecule has 0 atom stereocenters. The Labute approximate surface area is 119 Å². The summed E-state index contributed by atoms with van der Waals surface area (Å²) in [5, 5.41) is 13.6. The van der Waals surface area contributed by atoms with E-state index in [1.54, 1.807) is 24.3 Å². The minimum absolute atomic E-state index is 0.0409. The molecular formula is C12H11ClN4O3. The van der Waals surface area contributed by atoms with E-state index in [2.05, 4.69) is 15.3 Å². The number of rotatable bonds is 5. The van der Waals surface area contributed by atoms with Crippen molar-refractivity contribution >= 4 is 28.8 Å². The number of aromatic nitrogens is 2. The Morgan fingerprint density at radius 3 is 2.65 bits per heavy atom. The standard InChI is InChI=1S/C12H11ClN4O3/c1-2-20-9-5-3-8(4-6-9)16-12-10(17(18)19)11(13)14-7-15-12/h3-7H,2H2,1H3,(H,14,15,16). The fraction of sp³-hybridized carbons (Fsp3) is 0.167. The number of hydrogen-bond acceptors (Lipinski definition) is 6. The van der Waals surface area contributed by atoms with E-state index in [1.807, 2.05) is 6.92 Å². The molecule has 0 aliphatic heterocycles. The number of nitrogens with one attached hydrogen (secondary N) is 1. The first-order chi connectivity index (χ1) is 9.61. The Kier molecular flexibility index (Phi) is 4.31. The number of ether oxygens (including phenoxy) is 1. The molecule has 0 saturated carbocycles. The van der Waals surface area contributed by atoms with Crippen LogP contribution in [-0.2, 0) is 0 Å². The fourth-order valence-electron chi connectivity index (χ4n) is 1.55. The van der Waals surface area contributed by atoms with Crippen molar-refractivity contribution in [2.24, 2.45) is 0 Å². The third kappa shape index (κ3) is 3.12. The van der Waals surface area contributed by atoms with Crippen LogP contribution < -0.4 is 10.1 Å². The van der Waals surface area contributed by atoms with Gasteiger partial charge in [0.15, 0.2) is 0 Å². The van der Waals surface area contributed by atoms with E-state index < -0.39 is 4.92 Å². The van der Waals surface area contributed by atoms with Gasteiger partial charge in [-0.1, -0.05) is 11.6 Å². The molecule has 0 fully saturated rings. The molecule has 104 valence electrons. The second kappa shape index (κ2) is 6.16. The van der Waals surface area contributed by atoms with Crippen LogP contribution in [-0.4, -0.2) is 21.5 Å². The molecule has 2 rings (SSSR count). The molecule has 20 heavy (non-hydrogen) atoms. The number of nitro groups is 1. The first kappa shape index (κ1) is 14.0. The Hall–Kier alpha value is -2.41. The third-order valence-corrected chi connectivity index (χ3v) is 2.66. The van der Waals surface area contributed by atoms with Crippen LogP contribution in [0.5, 0.6) is 5.75 Å². The Balaban J connectivity index is 2.26. The highest BCUT2D eigenvalue weighted by Gasteiger charge is 2.21. The van der Waals surface area contributed by atoms with Crippen molar-refractivity contribution in [3.8, 4) is 5.75 Å². The van der Waals surface area contributed by atoms with Gasteiger partial charge in [-0.25, -0.2) is 9.97 Å². The molecular weight excluding hydrogens is 284 g/mol. The number of halogens is 1. The van der Waals surface area contributed by atoms with Crippen molar-refractivity contribution in [1.29, 1.82) is 0 Å². The number of hydrogen-bond donors (Lipinski definition) is 1. The Morgan fingerprint density at radius 1 is 1.35 bits per heavy atom. The molecule has 1 heterocycles. The molecule has 0 bridgehead atoms. The molecule has 2 aromatic rings. The van der Waals surface area contributed by atoms with E-state index >= 15 is 0 Å². The predicted molar refractivity (Wildman–Crippen MR) is 74.6 cm³/mol. The minimum Gasteiger partial charge on any atom is -0.494 e. The van der Waals surface area contributed by atoms with Crippen LogP contribution in [0.3, 0.4) is 0 Å². The van der Waals surface area contributed by atoms with Crippen molar-refractivity contribution in [3.63, 3.8) is 0 Å². The molecule has 0 aliphatic carbocycles. The van der Waals surface area contributed by atoms with Crippen molar-refractivity contribution in [2.45, 2.75) is 6.92 Å². The smallest absolute Gasteiger partial charge is 0.348 e. The van der Waals surface area contributed by atoms with E-state index in [9.17, 15) is 10.1 Å². The summed E-state index contributed by atoms with van der Waals surface area (Å²) in [6, 6.07) is 6.95. The van der Waals surface area contributed by atoms with Gasteiger partial charge in [-0.2, -0.15) is 0 Å². The van der Waals surface area contributed by atoms with Gasteiger partial charge in [-0.05, 0) is 31.2 Å². The highest BCUT2D eigenvalue weighted by atomic mass is 35.5. The predicted octanol–water partition coefficient (Wildman–Crippen LogP) is 3.18. The average Bonchev–Trinajstić information content (AvgIpc) is 2.41. The fourth-order valence-corrected chi connectivity index (χ4v) is 1.75. The number of benzene rings is 1. The first-order valence-electron chi connectivity index (χ1n) is 5.76. The second-order valence-corrected chi connectivity index (χ2v) is 4.06. The summed E-state index contributed by atoms with van der Waals surface area (Å²) in [5.74, 6) is 0.757. The zero-order valence-electron chi connectivity index (χ0n) is 10.5. The number of nitrogens with zero attached hydrogens (tertiary/aromatic N) is 3. The molecule has 0 spiro atoms. The molecule has 1 aromatic carbocycles. The van der Waals surface area contributed by atoms with Gasteiger partial charge in [0.05, 0.1) is 11.5 Å². The van der Waals surface area contributed by atoms with E-state index in [0.717, 1.165) is 6.33 Å². The molecule has 0 aliphatic rings. The maximum atomic E-state index is 11.0. The van der Waals surface area contributed by atoms with Gasteiger partial charge in [0.25, 0.3) is 0 Å². The molecule has 0 unspecified atom stereocenters. The monoisotopic (exact) mass is 294 g/mol.